The zero-order valence-electron chi connectivity index (χ0n) is 23.8. The standard InChI is InChI=1S/C32H35N3O8/c1-41-26-13-18(16-37)12-22-27-23(31(39)33-8-10-36)15-25(28(38)30(27)43-29(22)26)35(32(40)20-7-11-42-17-20)9-6-21-14-19-4-2-3-5-24(19)34-21/h2-5,12-16,20,25,27-28,30,34,36,38H,6-11,17H2,1H3,(H,33,39)/t20?,25-,27+,28+,30+/m1/s1. The Morgan fingerprint density at radius 2 is 2.07 bits per heavy atom. The Hall–Kier alpha value is -4.19. The molecule has 3 heterocycles. The number of nitrogens with zero attached hydrogens (tertiary/aromatic N) is 1. The number of amides is 2. The van der Waals surface area contributed by atoms with Crippen LogP contribution >= 0.6 is 0 Å². The maximum Gasteiger partial charge on any atom is 0.247 e. The van der Waals surface area contributed by atoms with Gasteiger partial charge in [0.05, 0.1) is 38.2 Å². The first-order chi connectivity index (χ1) is 20.9. The van der Waals surface area contributed by atoms with Crippen LogP contribution in [0.2, 0.25) is 0 Å². The van der Waals surface area contributed by atoms with Crippen molar-refractivity contribution in [3.05, 3.63) is 70.9 Å². The van der Waals surface area contributed by atoms with Crippen molar-refractivity contribution in [1.29, 1.82) is 0 Å². The van der Waals surface area contributed by atoms with E-state index in [-0.39, 0.29) is 43.7 Å². The van der Waals surface area contributed by atoms with Gasteiger partial charge in [-0.2, -0.15) is 0 Å². The largest absolute Gasteiger partial charge is 0.493 e. The number of benzene rings is 2. The van der Waals surface area contributed by atoms with Crippen LogP contribution in [0.15, 0.2) is 54.1 Å². The number of carbonyl (C=O) groups excluding carboxylic acids is 3. The lowest BCUT2D eigenvalue weighted by molar-refractivity contribution is -0.141. The first-order valence-corrected chi connectivity index (χ1v) is 14.5. The number of H-pyrrole nitrogens is 1. The van der Waals surface area contributed by atoms with E-state index in [4.69, 9.17) is 14.2 Å². The summed E-state index contributed by atoms with van der Waals surface area (Å²) in [5.74, 6) is -1.08. The zero-order chi connectivity index (χ0) is 30.1. The van der Waals surface area contributed by atoms with E-state index < -0.39 is 30.1 Å². The highest BCUT2D eigenvalue weighted by atomic mass is 16.5. The topological polar surface area (TPSA) is 150 Å². The van der Waals surface area contributed by atoms with Crippen molar-refractivity contribution in [2.24, 2.45) is 5.92 Å². The summed E-state index contributed by atoms with van der Waals surface area (Å²) in [5.41, 5.74) is 3.08. The lowest BCUT2D eigenvalue weighted by Gasteiger charge is -2.41. The van der Waals surface area contributed by atoms with Gasteiger partial charge in [-0.05, 0) is 42.1 Å². The van der Waals surface area contributed by atoms with Crippen LogP contribution in [0.5, 0.6) is 11.5 Å². The van der Waals surface area contributed by atoms with Gasteiger partial charge in [0.15, 0.2) is 11.5 Å². The van der Waals surface area contributed by atoms with Gasteiger partial charge < -0.3 is 39.6 Å². The van der Waals surface area contributed by atoms with Gasteiger partial charge >= 0.3 is 0 Å². The molecule has 1 aromatic heterocycles. The van der Waals surface area contributed by atoms with E-state index in [2.05, 4.69) is 10.3 Å². The normalized spacial score (nSPS) is 24.1. The molecule has 2 aromatic carbocycles. The molecule has 5 atom stereocenters. The number of para-hydroxylation sites is 1. The molecule has 1 unspecified atom stereocenters. The van der Waals surface area contributed by atoms with Gasteiger partial charge in [-0.15, -0.1) is 0 Å². The zero-order valence-corrected chi connectivity index (χ0v) is 23.8. The van der Waals surface area contributed by atoms with Crippen LogP contribution in [0.1, 0.15) is 34.0 Å². The molecule has 1 saturated heterocycles. The van der Waals surface area contributed by atoms with E-state index >= 15 is 0 Å². The lowest BCUT2D eigenvalue weighted by Crippen LogP contribution is -2.57. The molecule has 0 radical (unpaired) electrons. The molecule has 1 fully saturated rings. The molecule has 43 heavy (non-hydrogen) atoms. The number of hydrogen-bond acceptors (Lipinski definition) is 8. The Morgan fingerprint density at radius 1 is 1.23 bits per heavy atom. The second-order valence-electron chi connectivity index (χ2n) is 11.1. The van der Waals surface area contributed by atoms with Crippen LogP contribution in [0.25, 0.3) is 10.9 Å². The van der Waals surface area contributed by atoms with Crippen molar-refractivity contribution in [3.63, 3.8) is 0 Å². The van der Waals surface area contributed by atoms with E-state index in [1.807, 2.05) is 30.3 Å². The fourth-order valence-electron chi connectivity index (χ4n) is 6.44. The van der Waals surface area contributed by atoms with E-state index in [0.717, 1.165) is 16.6 Å². The van der Waals surface area contributed by atoms with E-state index in [1.165, 1.54) is 7.11 Å². The number of nitrogens with one attached hydrogen (secondary N) is 2. The second kappa shape index (κ2) is 12.2. The summed E-state index contributed by atoms with van der Waals surface area (Å²) in [4.78, 5) is 44.3. The lowest BCUT2D eigenvalue weighted by atomic mass is 9.77. The summed E-state index contributed by atoms with van der Waals surface area (Å²) in [5, 5.41) is 25.0. The third kappa shape index (κ3) is 5.39. The number of fused-ring (bicyclic) bond motifs is 4. The molecule has 226 valence electrons. The summed E-state index contributed by atoms with van der Waals surface area (Å²) in [6.07, 6.45) is 1.24. The average molecular weight is 590 g/mol. The van der Waals surface area contributed by atoms with Crippen molar-refractivity contribution in [1.82, 2.24) is 15.2 Å². The van der Waals surface area contributed by atoms with Crippen molar-refractivity contribution in [2.75, 3.05) is 40.0 Å². The minimum atomic E-state index is -1.20. The van der Waals surface area contributed by atoms with Gasteiger partial charge in [-0.3, -0.25) is 14.4 Å². The molecule has 0 saturated carbocycles. The van der Waals surface area contributed by atoms with Gasteiger partial charge in [0, 0.05) is 54.0 Å². The Morgan fingerprint density at radius 3 is 2.79 bits per heavy atom. The molecule has 3 aliphatic rings. The predicted octanol–water partition coefficient (Wildman–Crippen LogP) is 1.72. The number of aldehydes is 1. The number of aliphatic hydroxyl groups excluding tert-OH is 2. The number of rotatable bonds is 10. The van der Waals surface area contributed by atoms with Crippen LogP contribution in [0, 0.1) is 5.92 Å². The molecule has 11 nitrogen and oxygen atoms in total. The molecule has 11 heteroatoms. The molecular weight excluding hydrogens is 554 g/mol. The monoisotopic (exact) mass is 589 g/mol. The van der Waals surface area contributed by atoms with Crippen LogP contribution in [-0.2, 0) is 20.7 Å². The fraction of sp³-hybridized carbons (Fsp3) is 0.406. The maximum atomic E-state index is 14.0. The quantitative estimate of drug-likeness (QED) is 0.261. The number of aliphatic hydroxyl groups is 2. The third-order valence-corrected chi connectivity index (χ3v) is 8.54. The minimum Gasteiger partial charge on any atom is -0.493 e. The average Bonchev–Trinajstić information content (AvgIpc) is 3.79. The SMILES string of the molecule is COc1cc(C=O)cc2c1O[C@@H]1[C@@H](O)[C@H](N(CCc3cc4ccccc4[nH]3)C(=O)C3CCOC3)C=C(C(=O)NCCO)[C@H]21. The Balaban J connectivity index is 1.39. The first kappa shape index (κ1) is 28.9. The summed E-state index contributed by atoms with van der Waals surface area (Å²) in [7, 11) is 1.45. The van der Waals surface area contributed by atoms with Gasteiger partial charge in [-0.25, -0.2) is 0 Å². The van der Waals surface area contributed by atoms with Crippen molar-refractivity contribution in [2.45, 2.75) is 37.0 Å². The number of hydrogen-bond donors (Lipinski definition) is 4. The second-order valence-corrected chi connectivity index (χ2v) is 11.1. The Bertz CT molecular complexity index is 1530. The molecule has 2 amide bonds. The summed E-state index contributed by atoms with van der Waals surface area (Å²) in [6, 6.07) is 12.2. The fourth-order valence-corrected chi connectivity index (χ4v) is 6.44. The molecule has 6 rings (SSSR count). The molecular formula is C32H35N3O8. The molecule has 0 spiro atoms. The van der Waals surface area contributed by atoms with Crippen LogP contribution in [0.4, 0.5) is 0 Å². The number of carbonyl (C=O) groups is 3. The number of aromatic nitrogens is 1. The van der Waals surface area contributed by atoms with E-state index in [0.29, 0.717) is 48.4 Å². The minimum absolute atomic E-state index is 0.0225. The first-order valence-electron chi connectivity index (χ1n) is 14.5. The molecule has 1 aliphatic carbocycles. The Kier molecular flexibility index (Phi) is 8.20. The molecule has 0 bridgehead atoms. The highest BCUT2D eigenvalue weighted by Gasteiger charge is 2.52. The third-order valence-electron chi connectivity index (χ3n) is 8.54. The summed E-state index contributed by atoms with van der Waals surface area (Å²) in [6.45, 7) is 0.805. The van der Waals surface area contributed by atoms with Crippen molar-refractivity contribution >= 4 is 29.0 Å². The molecule has 4 N–H and O–H groups in total. The van der Waals surface area contributed by atoms with Crippen LogP contribution < -0.4 is 14.8 Å². The van der Waals surface area contributed by atoms with Gasteiger partial charge in [0.2, 0.25) is 11.8 Å². The maximum absolute atomic E-state index is 14.0. The summed E-state index contributed by atoms with van der Waals surface area (Å²) < 4.78 is 17.3. The predicted molar refractivity (Wildman–Crippen MR) is 156 cm³/mol. The highest BCUT2D eigenvalue weighted by Crippen LogP contribution is 2.51. The smallest absolute Gasteiger partial charge is 0.247 e. The van der Waals surface area contributed by atoms with E-state index in [9.17, 15) is 24.6 Å². The van der Waals surface area contributed by atoms with Gasteiger partial charge in [0.25, 0.3) is 0 Å². The Labute approximate surface area is 248 Å². The van der Waals surface area contributed by atoms with Crippen molar-refractivity contribution in [3.8, 4) is 11.5 Å². The van der Waals surface area contributed by atoms with Gasteiger partial charge in [0.1, 0.15) is 18.5 Å². The highest BCUT2D eigenvalue weighted by molar-refractivity contribution is 5.96. The van der Waals surface area contributed by atoms with E-state index in [1.54, 1.807) is 23.1 Å². The molecule has 3 aromatic rings. The number of aromatic amines is 1. The van der Waals surface area contributed by atoms with Crippen molar-refractivity contribution < 1.29 is 38.8 Å². The molecule has 2 aliphatic heterocycles. The number of methoxy groups -OCH3 is 1. The van der Waals surface area contributed by atoms with Crippen LogP contribution in [-0.4, -0.2) is 96.5 Å². The summed E-state index contributed by atoms with van der Waals surface area (Å²) >= 11 is 0. The van der Waals surface area contributed by atoms with Gasteiger partial charge in [-0.1, -0.05) is 18.2 Å². The van der Waals surface area contributed by atoms with Crippen LogP contribution in [0.3, 0.4) is 0 Å². The number of ether oxygens (including phenoxy) is 3.